The molecule has 4 rings (SSSR count). The summed E-state index contributed by atoms with van der Waals surface area (Å²) in [5.74, 6) is 0.677. The second-order valence-electron chi connectivity index (χ2n) is 14.9. The second kappa shape index (κ2) is 11.5. The number of aromatic nitrogens is 3. The molecule has 0 fully saturated rings. The Morgan fingerprint density at radius 1 is 0.909 bits per heavy atom. The maximum absolute atomic E-state index is 13.3. The summed E-state index contributed by atoms with van der Waals surface area (Å²) in [5.41, 5.74) is 0.706. The van der Waals surface area contributed by atoms with E-state index in [-0.39, 0.29) is 5.04 Å². The highest BCUT2D eigenvalue weighted by atomic mass is 32.1. The van der Waals surface area contributed by atoms with Crippen LogP contribution in [0.25, 0.3) is 32.5 Å². The number of hydrogen-bond donors (Lipinski definition) is 0. The number of hydrogen-bond acceptors (Lipinski definition) is 9. The summed E-state index contributed by atoms with van der Waals surface area (Å²) >= 11 is 1.53. The van der Waals surface area contributed by atoms with Gasteiger partial charge in [-0.15, -0.1) is 11.3 Å². The van der Waals surface area contributed by atoms with Gasteiger partial charge >= 0.3 is 12.2 Å². The van der Waals surface area contributed by atoms with Gasteiger partial charge in [0.15, 0.2) is 0 Å². The Morgan fingerprint density at radius 2 is 1.55 bits per heavy atom. The van der Waals surface area contributed by atoms with Crippen molar-refractivity contribution in [2.45, 2.75) is 98.2 Å². The van der Waals surface area contributed by atoms with Crippen molar-refractivity contribution in [2.75, 3.05) is 14.1 Å². The van der Waals surface area contributed by atoms with E-state index in [1.54, 1.807) is 20.8 Å². The number of carbonyl (C=O) groups is 2. The van der Waals surface area contributed by atoms with E-state index in [1.165, 1.54) is 20.7 Å². The van der Waals surface area contributed by atoms with Crippen molar-refractivity contribution in [1.29, 1.82) is 0 Å². The molecule has 0 amide bonds. The molecule has 0 atom stereocenters. The van der Waals surface area contributed by atoms with Crippen molar-refractivity contribution in [3.8, 4) is 17.1 Å². The molecular formula is C32H46N4O6SSi. The first-order valence-electron chi connectivity index (χ1n) is 14.7. The van der Waals surface area contributed by atoms with Crippen molar-refractivity contribution in [3.05, 3.63) is 35.2 Å². The molecule has 1 aromatic carbocycles. The molecule has 10 nitrogen and oxygen atoms in total. The lowest BCUT2D eigenvalue weighted by molar-refractivity contribution is -0.00809. The van der Waals surface area contributed by atoms with Crippen molar-refractivity contribution in [1.82, 2.24) is 19.4 Å². The summed E-state index contributed by atoms with van der Waals surface area (Å²) in [6.45, 7) is 22.4. The lowest BCUT2D eigenvalue weighted by Gasteiger charge is -2.36. The maximum Gasteiger partial charge on any atom is 0.534 e. The van der Waals surface area contributed by atoms with Gasteiger partial charge in [0.1, 0.15) is 28.3 Å². The Hall–Kier alpha value is -3.35. The van der Waals surface area contributed by atoms with Crippen LogP contribution < -0.4 is 9.26 Å². The standard InChI is InChI=1S/C32H46N4O6SSi/c1-30(2,3)39-28(37)35-25-18-22(19-34(10)11)43-27(25)26(33-35)24-16-20-14-15-21(42-44(12,13)32(7,8)9)17-23(20)36(24)41-29(38)40-31(4,5)6/h14-18H,19H2,1-13H3. The van der Waals surface area contributed by atoms with Gasteiger partial charge in [-0.25, -0.2) is 9.59 Å². The third-order valence-corrected chi connectivity index (χ3v) is 12.6. The van der Waals surface area contributed by atoms with E-state index in [9.17, 15) is 9.59 Å². The first-order valence-corrected chi connectivity index (χ1v) is 18.4. The molecule has 0 saturated carbocycles. The van der Waals surface area contributed by atoms with Crippen LogP contribution in [0.5, 0.6) is 5.75 Å². The topological polar surface area (TPSA) is 97.0 Å². The zero-order valence-electron chi connectivity index (χ0n) is 28.2. The highest BCUT2D eigenvalue weighted by Gasteiger charge is 2.39. The van der Waals surface area contributed by atoms with Crippen LogP contribution in [0.15, 0.2) is 30.3 Å². The fraction of sp³-hybridized carbons (Fsp3) is 0.531. The molecule has 4 aromatic rings. The Labute approximate surface area is 264 Å². The molecule has 0 unspecified atom stereocenters. The number of rotatable bonds is 6. The van der Waals surface area contributed by atoms with Crippen LogP contribution in [-0.2, 0) is 16.0 Å². The molecular weight excluding hydrogens is 597 g/mol. The zero-order chi connectivity index (χ0) is 33.0. The van der Waals surface area contributed by atoms with Gasteiger partial charge in [-0.1, -0.05) is 20.8 Å². The Morgan fingerprint density at radius 3 is 2.11 bits per heavy atom. The summed E-state index contributed by atoms with van der Waals surface area (Å²) in [7, 11) is 1.82. The van der Waals surface area contributed by atoms with E-state index >= 15 is 0 Å². The number of fused-ring (bicyclic) bond motifs is 2. The lowest BCUT2D eigenvalue weighted by atomic mass is 10.2. The summed E-state index contributed by atoms with van der Waals surface area (Å²) in [4.78, 5) is 35.4. The second-order valence-corrected chi connectivity index (χ2v) is 20.7. The molecule has 240 valence electrons. The largest absolute Gasteiger partial charge is 0.543 e. The van der Waals surface area contributed by atoms with Crippen molar-refractivity contribution >= 4 is 53.0 Å². The summed E-state index contributed by atoms with van der Waals surface area (Å²) in [6, 6.07) is 9.58. The third-order valence-electron chi connectivity index (χ3n) is 7.15. The van der Waals surface area contributed by atoms with E-state index < -0.39 is 31.8 Å². The molecule has 0 aliphatic carbocycles. The number of nitrogens with zero attached hydrogens (tertiary/aromatic N) is 4. The molecule has 0 N–H and O–H groups in total. The third kappa shape index (κ3) is 7.47. The van der Waals surface area contributed by atoms with E-state index in [1.807, 2.05) is 65.2 Å². The van der Waals surface area contributed by atoms with Gasteiger partial charge in [-0.3, -0.25) is 0 Å². The molecule has 0 radical (unpaired) electrons. The predicted octanol–water partition coefficient (Wildman–Crippen LogP) is 8.31. The van der Waals surface area contributed by atoms with Crippen molar-refractivity contribution < 1.29 is 28.3 Å². The first-order chi connectivity index (χ1) is 20.0. The highest BCUT2D eigenvalue weighted by Crippen LogP contribution is 2.40. The van der Waals surface area contributed by atoms with E-state index in [0.717, 1.165) is 15.0 Å². The van der Waals surface area contributed by atoms with Crippen LogP contribution in [-0.4, -0.2) is 65.3 Å². The van der Waals surface area contributed by atoms with Gasteiger partial charge in [0, 0.05) is 22.9 Å². The quantitative estimate of drug-likeness (QED) is 0.153. The van der Waals surface area contributed by atoms with Gasteiger partial charge < -0.3 is 23.6 Å². The van der Waals surface area contributed by atoms with Crippen LogP contribution in [0.4, 0.5) is 9.59 Å². The van der Waals surface area contributed by atoms with Crippen molar-refractivity contribution in [2.24, 2.45) is 0 Å². The average Bonchev–Trinajstić information content (AvgIpc) is 3.47. The molecule has 0 bridgehead atoms. The Bertz CT molecular complexity index is 1700. The SMILES string of the molecule is CN(C)Cc1cc2c(s1)c(-c1cc3ccc(O[Si](C)(C)C(C)(C)C)cc3n1OC(=O)OC(C)(C)C)nn2C(=O)OC(C)(C)C. The van der Waals surface area contributed by atoms with Crippen LogP contribution in [0.3, 0.4) is 0 Å². The Balaban J connectivity index is 1.94. The summed E-state index contributed by atoms with van der Waals surface area (Å²) < 4.78 is 21.3. The van der Waals surface area contributed by atoms with Gasteiger partial charge in [-0.2, -0.15) is 14.5 Å². The number of ether oxygens (including phenoxy) is 2. The van der Waals surface area contributed by atoms with Gasteiger partial charge in [0.05, 0.1) is 15.7 Å². The Kier molecular flexibility index (Phi) is 8.79. The smallest absolute Gasteiger partial charge is 0.534 e. The summed E-state index contributed by atoms with van der Waals surface area (Å²) in [6.07, 6.45) is -1.46. The highest BCUT2D eigenvalue weighted by molar-refractivity contribution is 7.19. The number of benzene rings is 1. The van der Waals surface area contributed by atoms with Gasteiger partial charge in [-0.05, 0) is 98.0 Å². The zero-order valence-corrected chi connectivity index (χ0v) is 30.1. The van der Waals surface area contributed by atoms with E-state index in [4.69, 9.17) is 23.8 Å². The van der Waals surface area contributed by atoms with Gasteiger partial charge in [0.2, 0.25) is 8.32 Å². The monoisotopic (exact) mass is 642 g/mol. The molecule has 0 aliphatic heterocycles. The molecule has 0 aliphatic rings. The van der Waals surface area contributed by atoms with Crippen LogP contribution >= 0.6 is 11.3 Å². The minimum Gasteiger partial charge on any atom is -0.543 e. The van der Waals surface area contributed by atoms with Gasteiger partial charge in [0.25, 0.3) is 0 Å². The first kappa shape index (κ1) is 33.5. The molecule has 0 saturated heterocycles. The fourth-order valence-electron chi connectivity index (χ4n) is 4.23. The minimum atomic E-state index is -2.16. The average molecular weight is 643 g/mol. The van der Waals surface area contributed by atoms with E-state index in [0.29, 0.717) is 34.7 Å². The predicted molar refractivity (Wildman–Crippen MR) is 178 cm³/mol. The van der Waals surface area contributed by atoms with Crippen LogP contribution in [0.2, 0.25) is 18.1 Å². The lowest BCUT2D eigenvalue weighted by Crippen LogP contribution is -2.43. The minimum absolute atomic E-state index is 0.00827. The van der Waals surface area contributed by atoms with Crippen LogP contribution in [0, 0.1) is 0 Å². The van der Waals surface area contributed by atoms with Crippen molar-refractivity contribution in [3.63, 3.8) is 0 Å². The van der Waals surface area contributed by atoms with E-state index in [2.05, 4.69) is 38.8 Å². The van der Waals surface area contributed by atoms with Crippen LogP contribution in [0.1, 0.15) is 67.2 Å². The molecule has 3 aromatic heterocycles. The molecule has 44 heavy (non-hydrogen) atoms. The summed E-state index contributed by atoms with van der Waals surface area (Å²) in [5, 5.41) is 5.53. The fourth-order valence-corrected chi connectivity index (χ4v) is 6.50. The molecule has 0 spiro atoms. The normalized spacial score (nSPS) is 13.1. The maximum atomic E-state index is 13.3. The molecule has 3 heterocycles. The number of thiophene rings is 1. The molecule has 12 heteroatoms. The number of carbonyl (C=O) groups excluding carboxylic acids is 2.